The van der Waals surface area contributed by atoms with Gasteiger partial charge in [-0.1, -0.05) is 42.5 Å². The maximum absolute atomic E-state index is 12.7. The van der Waals surface area contributed by atoms with Crippen molar-refractivity contribution in [1.29, 1.82) is 0 Å². The second-order valence-corrected chi connectivity index (χ2v) is 8.61. The van der Waals surface area contributed by atoms with Gasteiger partial charge < -0.3 is 20.1 Å². The van der Waals surface area contributed by atoms with Crippen molar-refractivity contribution >= 4 is 23.1 Å². The molecular formula is C24H28N2O3S. The SMILES string of the molecule is COc1ccc(C2CC(=O)N(Cc3ccc(C(N)=S)cc3)C2)cc1OC1CCCC1. The van der Waals surface area contributed by atoms with Crippen LogP contribution in [-0.4, -0.2) is 35.6 Å². The molecule has 1 unspecified atom stereocenters. The Hall–Kier alpha value is -2.60. The largest absolute Gasteiger partial charge is 0.493 e. The average molecular weight is 425 g/mol. The number of hydrogen-bond acceptors (Lipinski definition) is 4. The molecule has 2 aromatic carbocycles. The van der Waals surface area contributed by atoms with Gasteiger partial charge in [-0.15, -0.1) is 0 Å². The van der Waals surface area contributed by atoms with Gasteiger partial charge in [0.25, 0.3) is 0 Å². The maximum atomic E-state index is 12.7. The molecule has 30 heavy (non-hydrogen) atoms. The van der Waals surface area contributed by atoms with Crippen LogP contribution in [-0.2, 0) is 11.3 Å². The molecule has 1 saturated carbocycles. The third-order valence-electron chi connectivity index (χ3n) is 6.08. The first-order valence-electron chi connectivity index (χ1n) is 10.5. The molecule has 2 aromatic rings. The molecule has 1 heterocycles. The summed E-state index contributed by atoms with van der Waals surface area (Å²) in [5.74, 6) is 1.88. The van der Waals surface area contributed by atoms with Crippen LogP contribution in [0.3, 0.4) is 0 Å². The van der Waals surface area contributed by atoms with E-state index < -0.39 is 0 Å². The number of carbonyl (C=O) groups is 1. The predicted molar refractivity (Wildman–Crippen MR) is 121 cm³/mol. The lowest BCUT2D eigenvalue weighted by Gasteiger charge is -2.19. The zero-order valence-corrected chi connectivity index (χ0v) is 18.1. The third-order valence-corrected chi connectivity index (χ3v) is 6.32. The highest BCUT2D eigenvalue weighted by Gasteiger charge is 2.31. The molecule has 2 aliphatic rings. The van der Waals surface area contributed by atoms with Gasteiger partial charge in [0.05, 0.1) is 13.2 Å². The number of amides is 1. The summed E-state index contributed by atoms with van der Waals surface area (Å²) in [4.78, 5) is 15.0. The molecule has 158 valence electrons. The fraction of sp³-hybridized carbons (Fsp3) is 0.417. The lowest BCUT2D eigenvalue weighted by atomic mass is 9.98. The lowest BCUT2D eigenvalue weighted by Crippen LogP contribution is -2.24. The topological polar surface area (TPSA) is 64.8 Å². The highest BCUT2D eigenvalue weighted by Crippen LogP contribution is 2.37. The van der Waals surface area contributed by atoms with E-state index in [0.717, 1.165) is 41.0 Å². The van der Waals surface area contributed by atoms with Crippen molar-refractivity contribution in [1.82, 2.24) is 4.90 Å². The van der Waals surface area contributed by atoms with Crippen molar-refractivity contribution in [2.75, 3.05) is 13.7 Å². The van der Waals surface area contributed by atoms with Gasteiger partial charge in [0.1, 0.15) is 4.99 Å². The van der Waals surface area contributed by atoms with E-state index in [9.17, 15) is 4.79 Å². The summed E-state index contributed by atoms with van der Waals surface area (Å²) in [5, 5.41) is 0. The van der Waals surface area contributed by atoms with Crippen LogP contribution in [0.5, 0.6) is 11.5 Å². The van der Waals surface area contributed by atoms with Crippen LogP contribution in [0.2, 0.25) is 0 Å². The number of ether oxygens (including phenoxy) is 2. The maximum Gasteiger partial charge on any atom is 0.223 e. The number of carbonyl (C=O) groups excluding carboxylic acids is 1. The van der Waals surface area contributed by atoms with Crippen molar-refractivity contribution in [3.8, 4) is 11.5 Å². The van der Waals surface area contributed by atoms with Gasteiger partial charge in [-0.2, -0.15) is 0 Å². The molecule has 0 aromatic heterocycles. The van der Waals surface area contributed by atoms with E-state index in [1.165, 1.54) is 12.8 Å². The fourth-order valence-electron chi connectivity index (χ4n) is 4.37. The minimum atomic E-state index is 0.158. The smallest absolute Gasteiger partial charge is 0.223 e. The molecule has 0 radical (unpaired) electrons. The first kappa shape index (κ1) is 20.7. The Bertz CT molecular complexity index is 923. The van der Waals surface area contributed by atoms with Crippen LogP contribution in [0.4, 0.5) is 0 Å². The number of nitrogens with two attached hydrogens (primary N) is 1. The van der Waals surface area contributed by atoms with E-state index in [2.05, 4.69) is 12.1 Å². The molecular weight excluding hydrogens is 396 g/mol. The molecule has 0 spiro atoms. The zero-order chi connectivity index (χ0) is 21.1. The van der Waals surface area contributed by atoms with Crippen molar-refractivity contribution < 1.29 is 14.3 Å². The Balaban J connectivity index is 1.45. The number of hydrogen-bond donors (Lipinski definition) is 1. The van der Waals surface area contributed by atoms with Crippen LogP contribution in [0.1, 0.15) is 54.7 Å². The monoisotopic (exact) mass is 424 g/mol. The highest BCUT2D eigenvalue weighted by atomic mass is 32.1. The quantitative estimate of drug-likeness (QED) is 0.676. The van der Waals surface area contributed by atoms with Crippen LogP contribution >= 0.6 is 12.2 Å². The number of methoxy groups -OCH3 is 1. The lowest BCUT2D eigenvalue weighted by molar-refractivity contribution is -0.128. The summed E-state index contributed by atoms with van der Waals surface area (Å²) < 4.78 is 11.7. The number of thiocarbonyl (C=S) groups is 1. The zero-order valence-electron chi connectivity index (χ0n) is 17.3. The van der Waals surface area contributed by atoms with Gasteiger partial charge in [-0.05, 0) is 48.9 Å². The standard InChI is InChI=1S/C24H28N2O3S/c1-28-21-11-10-18(12-22(21)29-20-4-2-3-5-20)19-13-23(27)26(15-19)14-16-6-8-17(9-7-16)24(25)30/h6-12,19-20H,2-5,13-15H2,1H3,(H2,25,30). The fourth-order valence-corrected chi connectivity index (χ4v) is 4.50. The second-order valence-electron chi connectivity index (χ2n) is 8.17. The first-order valence-corrected chi connectivity index (χ1v) is 11.0. The van der Waals surface area contributed by atoms with Gasteiger partial charge in [0, 0.05) is 31.0 Å². The molecule has 1 amide bonds. The van der Waals surface area contributed by atoms with Gasteiger partial charge in [0.2, 0.25) is 5.91 Å². The summed E-state index contributed by atoms with van der Waals surface area (Å²) in [6, 6.07) is 13.9. The van der Waals surface area contributed by atoms with Gasteiger partial charge in [0.15, 0.2) is 11.5 Å². The summed E-state index contributed by atoms with van der Waals surface area (Å²) in [5.41, 5.74) is 8.71. The van der Waals surface area contributed by atoms with Gasteiger partial charge in [-0.25, -0.2) is 0 Å². The molecule has 5 nitrogen and oxygen atoms in total. The Morgan fingerprint density at radius 2 is 1.87 bits per heavy atom. The molecule has 2 N–H and O–H groups in total. The van der Waals surface area contributed by atoms with E-state index in [4.69, 9.17) is 27.4 Å². The highest BCUT2D eigenvalue weighted by molar-refractivity contribution is 7.80. The molecule has 4 rings (SSSR count). The van der Waals surface area contributed by atoms with E-state index in [-0.39, 0.29) is 17.9 Å². The third kappa shape index (κ3) is 4.59. The van der Waals surface area contributed by atoms with Gasteiger partial charge >= 0.3 is 0 Å². The molecule has 1 saturated heterocycles. The van der Waals surface area contributed by atoms with Crippen molar-refractivity contribution in [2.45, 2.75) is 50.7 Å². The van der Waals surface area contributed by atoms with Crippen molar-refractivity contribution in [2.24, 2.45) is 5.73 Å². The Kier molecular flexibility index (Phi) is 6.23. The average Bonchev–Trinajstić information content (AvgIpc) is 3.38. The molecule has 0 bridgehead atoms. The molecule has 1 atom stereocenters. The number of benzene rings is 2. The normalized spacial score (nSPS) is 19.3. The number of nitrogens with zero attached hydrogens (tertiary/aromatic N) is 1. The van der Waals surface area contributed by atoms with E-state index in [1.54, 1.807) is 7.11 Å². The van der Waals surface area contributed by atoms with E-state index in [1.807, 2.05) is 35.2 Å². The molecule has 1 aliphatic carbocycles. The van der Waals surface area contributed by atoms with E-state index >= 15 is 0 Å². The minimum absolute atomic E-state index is 0.158. The summed E-state index contributed by atoms with van der Waals surface area (Å²) in [6.45, 7) is 1.29. The Labute approximate surface area is 183 Å². The summed E-state index contributed by atoms with van der Waals surface area (Å²) >= 11 is 5.00. The Morgan fingerprint density at radius 3 is 2.53 bits per heavy atom. The van der Waals surface area contributed by atoms with Crippen molar-refractivity contribution in [3.63, 3.8) is 0 Å². The molecule has 2 fully saturated rings. The predicted octanol–water partition coefficient (Wildman–Crippen LogP) is 4.17. The number of likely N-dealkylation sites (tertiary alicyclic amines) is 1. The summed E-state index contributed by atoms with van der Waals surface area (Å²) in [6.07, 6.45) is 5.40. The first-order chi connectivity index (χ1) is 14.5. The van der Waals surface area contributed by atoms with Crippen molar-refractivity contribution in [3.05, 3.63) is 59.2 Å². The number of rotatable bonds is 7. The minimum Gasteiger partial charge on any atom is -0.493 e. The molecule has 6 heteroatoms. The summed E-state index contributed by atoms with van der Waals surface area (Å²) in [7, 11) is 1.67. The van der Waals surface area contributed by atoms with Crippen LogP contribution in [0, 0.1) is 0 Å². The Morgan fingerprint density at radius 1 is 1.13 bits per heavy atom. The van der Waals surface area contributed by atoms with Crippen LogP contribution in [0.25, 0.3) is 0 Å². The van der Waals surface area contributed by atoms with Crippen LogP contribution in [0.15, 0.2) is 42.5 Å². The molecule has 1 aliphatic heterocycles. The second kappa shape index (κ2) is 9.04. The van der Waals surface area contributed by atoms with E-state index in [0.29, 0.717) is 24.5 Å². The van der Waals surface area contributed by atoms with Gasteiger partial charge in [-0.3, -0.25) is 4.79 Å². The van der Waals surface area contributed by atoms with Crippen LogP contribution < -0.4 is 15.2 Å².